The highest BCUT2D eigenvalue weighted by Gasteiger charge is 2.35. The van der Waals surface area contributed by atoms with E-state index in [-0.39, 0.29) is 17.9 Å². The van der Waals surface area contributed by atoms with Gasteiger partial charge in [0.05, 0.1) is 6.04 Å². The van der Waals surface area contributed by atoms with Crippen LogP contribution in [0.15, 0.2) is 5.11 Å². The highest BCUT2D eigenvalue weighted by Crippen LogP contribution is 2.30. The Morgan fingerprint density at radius 1 is 1.46 bits per heavy atom. The summed E-state index contributed by atoms with van der Waals surface area (Å²) in [5.41, 5.74) is 8.15. The predicted octanol–water partition coefficient (Wildman–Crippen LogP) is 1.31. The van der Waals surface area contributed by atoms with Crippen LogP contribution in [-0.4, -0.2) is 29.9 Å². The first-order valence-electron chi connectivity index (χ1n) is 4.64. The second-order valence-corrected chi connectivity index (χ2v) is 3.73. The van der Waals surface area contributed by atoms with E-state index in [1.807, 2.05) is 0 Å². The summed E-state index contributed by atoms with van der Waals surface area (Å²) in [6.07, 6.45) is 3.27. The molecule has 5 nitrogen and oxygen atoms in total. The van der Waals surface area contributed by atoms with E-state index in [1.165, 1.54) is 6.42 Å². The third-order valence-corrected chi connectivity index (χ3v) is 2.84. The van der Waals surface area contributed by atoms with Crippen LogP contribution in [0, 0.1) is 5.92 Å². The van der Waals surface area contributed by atoms with E-state index in [2.05, 4.69) is 10.0 Å². The van der Waals surface area contributed by atoms with Crippen LogP contribution in [0.4, 0.5) is 0 Å². The molecule has 0 radical (unpaired) electrons. The molecule has 0 N–H and O–H groups in total. The molecule has 1 saturated heterocycles. The van der Waals surface area contributed by atoms with E-state index in [4.69, 9.17) is 5.53 Å². The van der Waals surface area contributed by atoms with Gasteiger partial charge >= 0.3 is 0 Å². The highest BCUT2D eigenvalue weighted by molar-refractivity contribution is 5.80. The number of azide groups is 1. The average molecular weight is 180 g/mol. The molecular formula is C8H12N4O. The Bertz CT molecular complexity index is 261. The lowest BCUT2D eigenvalue weighted by molar-refractivity contribution is -0.142. The molecule has 1 heterocycles. The maximum absolute atomic E-state index is 11.5. The summed E-state index contributed by atoms with van der Waals surface area (Å²) in [6, 6.07) is 0.0222. The minimum absolute atomic E-state index is 0.0222. The number of carbonyl (C=O) groups is 1. The van der Waals surface area contributed by atoms with E-state index >= 15 is 0 Å². The first-order chi connectivity index (χ1) is 6.31. The lowest BCUT2D eigenvalue weighted by Gasteiger charge is -2.40. The molecule has 13 heavy (non-hydrogen) atoms. The van der Waals surface area contributed by atoms with Crippen molar-refractivity contribution in [3.63, 3.8) is 0 Å². The van der Waals surface area contributed by atoms with Crippen LogP contribution in [-0.2, 0) is 4.79 Å². The average Bonchev–Trinajstić information content (AvgIpc) is 1.91. The molecule has 0 unspecified atom stereocenters. The summed E-state index contributed by atoms with van der Waals surface area (Å²) >= 11 is 0. The summed E-state index contributed by atoms with van der Waals surface area (Å²) in [7, 11) is 0. The number of nitrogens with zero attached hydrogens (tertiary/aromatic N) is 4. The molecule has 0 spiro atoms. The van der Waals surface area contributed by atoms with Crippen molar-refractivity contribution in [2.24, 2.45) is 11.0 Å². The summed E-state index contributed by atoms with van der Waals surface area (Å²) in [5.74, 6) is 0.530. The van der Waals surface area contributed by atoms with Gasteiger partial charge in [-0.15, -0.1) is 0 Å². The van der Waals surface area contributed by atoms with Crippen molar-refractivity contribution >= 4 is 5.91 Å². The Morgan fingerprint density at radius 2 is 2.15 bits per heavy atom. The Labute approximate surface area is 76.3 Å². The van der Waals surface area contributed by atoms with Crippen LogP contribution >= 0.6 is 0 Å². The molecule has 1 aliphatic carbocycles. The number of hydrogen-bond acceptors (Lipinski definition) is 2. The molecule has 0 atom stereocenters. The fourth-order valence-electron chi connectivity index (χ4n) is 1.69. The van der Waals surface area contributed by atoms with Crippen LogP contribution < -0.4 is 0 Å². The van der Waals surface area contributed by atoms with Gasteiger partial charge in [0.2, 0.25) is 5.91 Å². The van der Waals surface area contributed by atoms with Crippen molar-refractivity contribution in [2.75, 3.05) is 13.1 Å². The number of amides is 1. The van der Waals surface area contributed by atoms with Crippen LogP contribution in [0.3, 0.4) is 0 Å². The Kier molecular flexibility index (Phi) is 2.10. The highest BCUT2D eigenvalue weighted by atomic mass is 16.2. The Hall–Kier alpha value is -1.22. The molecule has 1 saturated carbocycles. The number of carbonyl (C=O) groups excluding carboxylic acids is 1. The van der Waals surface area contributed by atoms with Gasteiger partial charge in [-0.1, -0.05) is 11.5 Å². The first-order valence-corrected chi connectivity index (χ1v) is 4.64. The van der Waals surface area contributed by atoms with Gasteiger partial charge < -0.3 is 4.90 Å². The maximum Gasteiger partial charge on any atom is 0.225 e. The molecular weight excluding hydrogens is 168 g/mol. The Morgan fingerprint density at radius 3 is 2.62 bits per heavy atom. The van der Waals surface area contributed by atoms with Crippen molar-refractivity contribution in [2.45, 2.75) is 25.3 Å². The van der Waals surface area contributed by atoms with Crippen molar-refractivity contribution in [1.82, 2.24) is 4.90 Å². The minimum atomic E-state index is 0.0222. The molecule has 0 aromatic rings. The van der Waals surface area contributed by atoms with E-state index in [0.29, 0.717) is 13.1 Å². The van der Waals surface area contributed by atoms with Gasteiger partial charge in [0.15, 0.2) is 0 Å². The lowest BCUT2D eigenvalue weighted by Crippen LogP contribution is -2.55. The third kappa shape index (κ3) is 1.47. The lowest BCUT2D eigenvalue weighted by atomic mass is 9.83. The molecule has 1 amide bonds. The van der Waals surface area contributed by atoms with Gasteiger partial charge in [-0.25, -0.2) is 0 Å². The monoisotopic (exact) mass is 180 g/mol. The van der Waals surface area contributed by atoms with Gasteiger partial charge in [-0.2, -0.15) is 0 Å². The standard InChI is InChI=1S/C8H12N4O/c9-11-10-7-4-12(5-7)8(13)6-2-1-3-6/h6-7H,1-5H2. The van der Waals surface area contributed by atoms with Gasteiger partial charge in [-0.3, -0.25) is 4.79 Å². The van der Waals surface area contributed by atoms with Gasteiger partial charge in [0.25, 0.3) is 0 Å². The molecule has 2 fully saturated rings. The third-order valence-electron chi connectivity index (χ3n) is 2.84. The van der Waals surface area contributed by atoms with Crippen molar-refractivity contribution < 1.29 is 4.79 Å². The molecule has 0 aromatic carbocycles. The van der Waals surface area contributed by atoms with Crippen molar-refractivity contribution in [1.29, 1.82) is 0 Å². The van der Waals surface area contributed by atoms with Crippen LogP contribution in [0.5, 0.6) is 0 Å². The Balaban J connectivity index is 1.78. The molecule has 5 heteroatoms. The zero-order valence-electron chi connectivity index (χ0n) is 7.39. The molecule has 0 bridgehead atoms. The SMILES string of the molecule is [N-]=[N+]=NC1CN(C(=O)C2CCC2)C1. The summed E-state index contributed by atoms with van der Waals surface area (Å²) < 4.78 is 0. The summed E-state index contributed by atoms with van der Waals surface area (Å²) in [4.78, 5) is 16.1. The maximum atomic E-state index is 11.5. The molecule has 1 aliphatic heterocycles. The molecule has 2 rings (SSSR count). The number of hydrogen-bond donors (Lipinski definition) is 0. The zero-order chi connectivity index (χ0) is 9.26. The minimum Gasteiger partial charge on any atom is -0.341 e. The zero-order valence-corrected chi connectivity index (χ0v) is 7.39. The molecule has 2 aliphatic rings. The van der Waals surface area contributed by atoms with Crippen LogP contribution in [0.1, 0.15) is 19.3 Å². The second kappa shape index (κ2) is 3.26. The largest absolute Gasteiger partial charge is 0.341 e. The van der Waals surface area contributed by atoms with Crippen molar-refractivity contribution in [3.8, 4) is 0 Å². The molecule has 70 valence electrons. The van der Waals surface area contributed by atoms with E-state index in [0.717, 1.165) is 12.8 Å². The van der Waals surface area contributed by atoms with E-state index < -0.39 is 0 Å². The first kappa shape index (κ1) is 8.38. The van der Waals surface area contributed by atoms with Gasteiger partial charge in [0, 0.05) is 23.9 Å². The summed E-state index contributed by atoms with van der Waals surface area (Å²) in [6.45, 7) is 1.25. The van der Waals surface area contributed by atoms with Crippen LogP contribution in [0.2, 0.25) is 0 Å². The smallest absolute Gasteiger partial charge is 0.225 e. The van der Waals surface area contributed by atoms with Crippen LogP contribution in [0.25, 0.3) is 10.4 Å². The summed E-state index contributed by atoms with van der Waals surface area (Å²) in [5, 5.41) is 3.55. The van der Waals surface area contributed by atoms with E-state index in [9.17, 15) is 4.79 Å². The quantitative estimate of drug-likeness (QED) is 0.359. The second-order valence-electron chi connectivity index (χ2n) is 3.73. The van der Waals surface area contributed by atoms with Gasteiger partial charge in [-0.05, 0) is 18.4 Å². The molecule has 0 aromatic heterocycles. The van der Waals surface area contributed by atoms with Crippen molar-refractivity contribution in [3.05, 3.63) is 10.4 Å². The normalized spacial score (nSPS) is 22.9. The number of likely N-dealkylation sites (tertiary alicyclic amines) is 1. The van der Waals surface area contributed by atoms with E-state index in [1.54, 1.807) is 4.90 Å². The predicted molar refractivity (Wildman–Crippen MR) is 46.9 cm³/mol. The topological polar surface area (TPSA) is 69.1 Å². The fourth-order valence-corrected chi connectivity index (χ4v) is 1.69. The van der Waals surface area contributed by atoms with Gasteiger partial charge in [0.1, 0.15) is 0 Å². The number of rotatable bonds is 2. The fraction of sp³-hybridized carbons (Fsp3) is 0.875.